The van der Waals surface area contributed by atoms with E-state index in [0.29, 0.717) is 0 Å². The molecule has 0 aliphatic heterocycles. The molecule has 2 aliphatic rings. The summed E-state index contributed by atoms with van der Waals surface area (Å²) in [5, 5.41) is 0. The van der Waals surface area contributed by atoms with Crippen LogP contribution in [0.1, 0.15) is 110 Å². The van der Waals surface area contributed by atoms with Crippen molar-refractivity contribution in [2.24, 2.45) is 17.3 Å². The fraction of sp³-hybridized carbons (Fsp3) is 0.952. The predicted octanol–water partition coefficient (Wildman–Crippen LogP) is 6.69. The highest BCUT2D eigenvalue weighted by molar-refractivity contribution is 5.59. The van der Waals surface area contributed by atoms with E-state index >= 15 is 0 Å². The molecule has 1 atom stereocenters. The van der Waals surface area contributed by atoms with E-state index in [9.17, 15) is 4.79 Å². The molecule has 0 saturated heterocycles. The van der Waals surface area contributed by atoms with Crippen molar-refractivity contribution in [2.45, 2.75) is 110 Å². The van der Waals surface area contributed by atoms with Crippen LogP contribution < -0.4 is 0 Å². The quantitative estimate of drug-likeness (QED) is 0.342. The third-order valence-corrected chi connectivity index (χ3v) is 6.61. The van der Waals surface area contributed by atoms with Gasteiger partial charge in [-0.1, -0.05) is 84.0 Å². The fourth-order valence-electron chi connectivity index (χ4n) is 5.03. The molecule has 22 heavy (non-hydrogen) atoms. The number of hydrogen-bond acceptors (Lipinski definition) is 1. The zero-order chi connectivity index (χ0) is 15.7. The van der Waals surface area contributed by atoms with E-state index in [-0.39, 0.29) is 5.41 Å². The smallest absolute Gasteiger partial charge is 0.126 e. The molecule has 2 saturated carbocycles. The number of unbranched alkanes of at least 4 members (excludes halogenated alkanes) is 2. The first-order valence-electron chi connectivity index (χ1n) is 10.3. The van der Waals surface area contributed by atoms with Gasteiger partial charge in [0.15, 0.2) is 0 Å². The molecule has 0 spiro atoms. The Hall–Kier alpha value is -0.330. The lowest BCUT2D eigenvalue weighted by molar-refractivity contribution is -0.118. The summed E-state index contributed by atoms with van der Waals surface area (Å²) in [5.41, 5.74) is 0.0654. The lowest BCUT2D eigenvalue weighted by atomic mass is 9.68. The van der Waals surface area contributed by atoms with Gasteiger partial charge in [-0.05, 0) is 37.5 Å². The van der Waals surface area contributed by atoms with Gasteiger partial charge in [0.25, 0.3) is 0 Å². The fourth-order valence-corrected chi connectivity index (χ4v) is 5.03. The molecule has 0 bridgehead atoms. The van der Waals surface area contributed by atoms with Crippen LogP contribution in [0.25, 0.3) is 0 Å². The Morgan fingerprint density at radius 2 is 1.64 bits per heavy atom. The molecule has 0 aromatic rings. The molecule has 1 heteroatoms. The Balaban J connectivity index is 1.87. The minimum atomic E-state index is 0.0654. The summed E-state index contributed by atoms with van der Waals surface area (Å²) in [7, 11) is 0. The van der Waals surface area contributed by atoms with E-state index in [0.717, 1.165) is 11.8 Å². The van der Waals surface area contributed by atoms with Crippen LogP contribution in [-0.2, 0) is 4.79 Å². The van der Waals surface area contributed by atoms with Crippen molar-refractivity contribution in [1.29, 1.82) is 0 Å². The number of carbonyl (C=O) groups excluding carboxylic acids is 1. The third-order valence-electron chi connectivity index (χ3n) is 6.61. The van der Waals surface area contributed by atoms with E-state index in [4.69, 9.17) is 0 Å². The largest absolute Gasteiger partial charge is 0.303 e. The second-order valence-corrected chi connectivity index (χ2v) is 8.23. The molecular weight excluding hydrogens is 268 g/mol. The minimum absolute atomic E-state index is 0.0654. The molecule has 0 radical (unpaired) electrons. The molecule has 0 aromatic carbocycles. The summed E-state index contributed by atoms with van der Waals surface area (Å²) in [4.78, 5) is 11.7. The first kappa shape index (κ1) is 18.0. The number of carbonyl (C=O) groups is 1. The van der Waals surface area contributed by atoms with Gasteiger partial charge >= 0.3 is 0 Å². The van der Waals surface area contributed by atoms with Crippen molar-refractivity contribution in [1.82, 2.24) is 0 Å². The Morgan fingerprint density at radius 1 is 0.955 bits per heavy atom. The molecule has 1 nitrogen and oxygen atoms in total. The Bertz CT molecular complexity index is 297. The van der Waals surface area contributed by atoms with Crippen LogP contribution >= 0.6 is 0 Å². The molecule has 128 valence electrons. The first-order chi connectivity index (χ1) is 10.8. The molecule has 2 rings (SSSR count). The Labute approximate surface area is 138 Å². The van der Waals surface area contributed by atoms with Gasteiger partial charge in [-0.25, -0.2) is 0 Å². The maximum absolute atomic E-state index is 11.7. The number of rotatable bonds is 9. The zero-order valence-electron chi connectivity index (χ0n) is 15.0. The highest BCUT2D eigenvalue weighted by Crippen LogP contribution is 2.42. The highest BCUT2D eigenvalue weighted by Gasteiger charge is 2.33. The van der Waals surface area contributed by atoms with Crippen molar-refractivity contribution in [3.63, 3.8) is 0 Å². The van der Waals surface area contributed by atoms with Crippen molar-refractivity contribution in [3.05, 3.63) is 0 Å². The second-order valence-electron chi connectivity index (χ2n) is 8.23. The standard InChI is InChI=1S/C21H38O/c1-2-3-6-11-20(19-12-7-4-8-13-19)14-17-21(18-22)15-9-5-10-16-21/h18-20H,2-17H2,1H3. The molecule has 2 aliphatic carbocycles. The lowest BCUT2D eigenvalue weighted by Crippen LogP contribution is -2.28. The van der Waals surface area contributed by atoms with Gasteiger partial charge in [0, 0.05) is 5.41 Å². The first-order valence-corrected chi connectivity index (χ1v) is 10.3. The maximum atomic E-state index is 11.7. The van der Waals surface area contributed by atoms with Gasteiger partial charge in [-0.2, -0.15) is 0 Å². The highest BCUT2D eigenvalue weighted by atomic mass is 16.1. The summed E-state index contributed by atoms with van der Waals surface area (Å²) in [5.74, 6) is 1.88. The van der Waals surface area contributed by atoms with Gasteiger partial charge in [-0.3, -0.25) is 0 Å². The molecular formula is C21H38O. The van der Waals surface area contributed by atoms with Crippen LogP contribution in [0.15, 0.2) is 0 Å². The van der Waals surface area contributed by atoms with Crippen LogP contribution in [-0.4, -0.2) is 6.29 Å². The van der Waals surface area contributed by atoms with Crippen LogP contribution in [0.2, 0.25) is 0 Å². The topological polar surface area (TPSA) is 17.1 Å². The summed E-state index contributed by atoms with van der Waals surface area (Å²) in [6.07, 6.45) is 22.9. The van der Waals surface area contributed by atoms with Crippen molar-refractivity contribution >= 4 is 6.29 Å². The van der Waals surface area contributed by atoms with E-state index in [1.165, 1.54) is 109 Å². The molecule has 2 fully saturated rings. The van der Waals surface area contributed by atoms with Crippen LogP contribution in [0.3, 0.4) is 0 Å². The summed E-state index contributed by atoms with van der Waals surface area (Å²) >= 11 is 0. The van der Waals surface area contributed by atoms with E-state index in [1.807, 2.05) is 0 Å². The molecule has 0 aromatic heterocycles. The second kappa shape index (κ2) is 9.73. The average molecular weight is 307 g/mol. The number of hydrogen-bond donors (Lipinski definition) is 0. The predicted molar refractivity (Wildman–Crippen MR) is 95.0 cm³/mol. The van der Waals surface area contributed by atoms with E-state index in [1.54, 1.807) is 0 Å². The van der Waals surface area contributed by atoms with Crippen LogP contribution in [0.5, 0.6) is 0 Å². The van der Waals surface area contributed by atoms with E-state index < -0.39 is 0 Å². The Morgan fingerprint density at radius 3 is 2.27 bits per heavy atom. The Kier molecular flexibility index (Phi) is 7.97. The third kappa shape index (κ3) is 5.39. The SMILES string of the molecule is CCCCCC(CCC1(C=O)CCCCC1)C1CCCCC1. The van der Waals surface area contributed by atoms with Crippen LogP contribution in [0.4, 0.5) is 0 Å². The van der Waals surface area contributed by atoms with Crippen molar-refractivity contribution in [3.8, 4) is 0 Å². The number of aldehydes is 1. The molecule has 0 N–H and O–H groups in total. The van der Waals surface area contributed by atoms with Gasteiger partial charge < -0.3 is 4.79 Å². The van der Waals surface area contributed by atoms with Gasteiger partial charge in [0.2, 0.25) is 0 Å². The average Bonchev–Trinajstić information content (AvgIpc) is 2.59. The summed E-state index contributed by atoms with van der Waals surface area (Å²) in [6.45, 7) is 2.30. The normalized spacial score (nSPS) is 24.0. The van der Waals surface area contributed by atoms with Crippen molar-refractivity contribution < 1.29 is 4.79 Å². The van der Waals surface area contributed by atoms with Gasteiger partial charge in [0.1, 0.15) is 6.29 Å². The van der Waals surface area contributed by atoms with E-state index in [2.05, 4.69) is 6.92 Å². The molecule has 0 amide bonds. The maximum Gasteiger partial charge on any atom is 0.126 e. The van der Waals surface area contributed by atoms with Gasteiger partial charge in [0.05, 0.1) is 0 Å². The van der Waals surface area contributed by atoms with Gasteiger partial charge in [-0.15, -0.1) is 0 Å². The summed E-state index contributed by atoms with van der Waals surface area (Å²) in [6, 6.07) is 0. The molecule has 0 heterocycles. The lowest BCUT2D eigenvalue weighted by Gasteiger charge is -2.36. The monoisotopic (exact) mass is 306 g/mol. The molecule has 1 unspecified atom stereocenters. The summed E-state index contributed by atoms with van der Waals surface area (Å²) < 4.78 is 0. The zero-order valence-corrected chi connectivity index (χ0v) is 15.0. The van der Waals surface area contributed by atoms with Crippen molar-refractivity contribution in [2.75, 3.05) is 0 Å². The van der Waals surface area contributed by atoms with Crippen LogP contribution in [0, 0.1) is 17.3 Å². The minimum Gasteiger partial charge on any atom is -0.303 e.